The Morgan fingerprint density at radius 3 is 2.80 bits per heavy atom. The van der Waals surface area contributed by atoms with E-state index in [9.17, 15) is 4.79 Å². The summed E-state index contributed by atoms with van der Waals surface area (Å²) in [5, 5.41) is 7.56. The van der Waals surface area contributed by atoms with Crippen LogP contribution in [0.1, 0.15) is 45.5 Å². The van der Waals surface area contributed by atoms with Crippen LogP contribution in [0.15, 0.2) is 73.2 Å². The second kappa shape index (κ2) is 7.63. The van der Waals surface area contributed by atoms with E-state index in [1.165, 1.54) is 5.56 Å². The van der Waals surface area contributed by atoms with Crippen LogP contribution in [-0.4, -0.2) is 25.2 Å². The van der Waals surface area contributed by atoms with E-state index < -0.39 is 0 Å². The van der Waals surface area contributed by atoms with Gasteiger partial charge < -0.3 is 9.88 Å². The molecule has 0 saturated heterocycles. The van der Waals surface area contributed by atoms with Crippen molar-refractivity contribution in [3.63, 3.8) is 0 Å². The molecule has 4 aromatic rings. The SMILES string of the molecule is Cn1ncc(C(=O)NC2CCc3ccccc3-n3ccnc32)c1Cc1ccccc1. The van der Waals surface area contributed by atoms with E-state index in [2.05, 4.69) is 50.3 Å². The number of hydrogen-bond acceptors (Lipinski definition) is 3. The van der Waals surface area contributed by atoms with Crippen LogP contribution in [0.25, 0.3) is 5.69 Å². The molecule has 1 aliphatic heterocycles. The van der Waals surface area contributed by atoms with Crippen molar-refractivity contribution >= 4 is 5.91 Å². The first-order chi connectivity index (χ1) is 14.7. The van der Waals surface area contributed by atoms with Crippen LogP contribution in [0.2, 0.25) is 0 Å². The largest absolute Gasteiger partial charge is 0.342 e. The van der Waals surface area contributed by atoms with Gasteiger partial charge in [-0.05, 0) is 30.0 Å². The molecule has 0 bridgehead atoms. The number of hydrogen-bond donors (Lipinski definition) is 1. The van der Waals surface area contributed by atoms with Crippen molar-refractivity contribution in [1.29, 1.82) is 0 Å². The summed E-state index contributed by atoms with van der Waals surface area (Å²) >= 11 is 0. The van der Waals surface area contributed by atoms with Crippen LogP contribution in [0.4, 0.5) is 0 Å². The van der Waals surface area contributed by atoms with Gasteiger partial charge in [-0.25, -0.2) is 4.98 Å². The molecule has 0 saturated carbocycles. The molecule has 150 valence electrons. The number of fused-ring (bicyclic) bond motifs is 3. The van der Waals surface area contributed by atoms with Gasteiger partial charge in [-0.15, -0.1) is 0 Å². The van der Waals surface area contributed by atoms with E-state index in [-0.39, 0.29) is 11.9 Å². The number of amides is 1. The highest BCUT2D eigenvalue weighted by molar-refractivity contribution is 5.95. The lowest BCUT2D eigenvalue weighted by Crippen LogP contribution is -2.30. The van der Waals surface area contributed by atoms with E-state index in [1.807, 2.05) is 37.5 Å². The van der Waals surface area contributed by atoms with Gasteiger partial charge in [-0.3, -0.25) is 9.48 Å². The zero-order valence-corrected chi connectivity index (χ0v) is 16.8. The number of aryl methyl sites for hydroxylation is 2. The van der Waals surface area contributed by atoms with Gasteiger partial charge in [-0.2, -0.15) is 5.10 Å². The van der Waals surface area contributed by atoms with Crippen molar-refractivity contribution in [3.8, 4) is 5.69 Å². The van der Waals surface area contributed by atoms with Crippen molar-refractivity contribution in [3.05, 3.63) is 101 Å². The maximum absolute atomic E-state index is 13.3. The number of rotatable bonds is 4. The van der Waals surface area contributed by atoms with Crippen LogP contribution in [0, 0.1) is 0 Å². The maximum atomic E-state index is 13.3. The number of benzene rings is 2. The number of imidazole rings is 1. The highest BCUT2D eigenvalue weighted by atomic mass is 16.1. The summed E-state index contributed by atoms with van der Waals surface area (Å²) in [5.74, 6) is 0.751. The highest BCUT2D eigenvalue weighted by Crippen LogP contribution is 2.29. The Morgan fingerprint density at radius 2 is 1.93 bits per heavy atom. The lowest BCUT2D eigenvalue weighted by Gasteiger charge is -2.17. The molecule has 0 fully saturated rings. The molecule has 2 aromatic heterocycles. The Kier molecular flexibility index (Phi) is 4.67. The fourth-order valence-electron chi connectivity index (χ4n) is 4.19. The number of nitrogens with one attached hydrogen (secondary N) is 1. The minimum Gasteiger partial charge on any atom is -0.342 e. The smallest absolute Gasteiger partial charge is 0.255 e. The Bertz CT molecular complexity index is 1190. The Morgan fingerprint density at radius 1 is 1.13 bits per heavy atom. The number of para-hydroxylation sites is 1. The predicted molar refractivity (Wildman–Crippen MR) is 115 cm³/mol. The van der Waals surface area contributed by atoms with Gasteiger partial charge in [0.1, 0.15) is 5.82 Å². The maximum Gasteiger partial charge on any atom is 0.255 e. The third kappa shape index (κ3) is 3.30. The van der Waals surface area contributed by atoms with Crippen molar-refractivity contribution in [2.75, 3.05) is 0 Å². The summed E-state index contributed by atoms with van der Waals surface area (Å²) in [6.45, 7) is 0. The molecule has 1 aliphatic rings. The minimum atomic E-state index is -0.162. The molecule has 6 nitrogen and oxygen atoms in total. The zero-order chi connectivity index (χ0) is 20.5. The van der Waals surface area contributed by atoms with Gasteiger partial charge in [0.25, 0.3) is 5.91 Å². The zero-order valence-electron chi connectivity index (χ0n) is 16.8. The third-order valence-electron chi connectivity index (χ3n) is 5.76. The Hall–Kier alpha value is -3.67. The molecule has 6 heteroatoms. The van der Waals surface area contributed by atoms with Gasteiger partial charge in [0.2, 0.25) is 0 Å². The highest BCUT2D eigenvalue weighted by Gasteiger charge is 2.26. The van der Waals surface area contributed by atoms with E-state index in [4.69, 9.17) is 0 Å². The van der Waals surface area contributed by atoms with Gasteiger partial charge in [0.05, 0.1) is 23.5 Å². The van der Waals surface area contributed by atoms with Gasteiger partial charge in [0.15, 0.2) is 0 Å². The Balaban J connectivity index is 1.42. The minimum absolute atomic E-state index is 0.112. The van der Waals surface area contributed by atoms with E-state index in [0.29, 0.717) is 12.0 Å². The normalized spacial score (nSPS) is 15.2. The van der Waals surface area contributed by atoms with Crippen molar-refractivity contribution in [2.24, 2.45) is 7.05 Å². The summed E-state index contributed by atoms with van der Waals surface area (Å²) in [4.78, 5) is 17.8. The summed E-state index contributed by atoms with van der Waals surface area (Å²) in [6.07, 6.45) is 7.75. The number of carbonyl (C=O) groups excluding carboxylic acids is 1. The number of aromatic nitrogens is 4. The number of nitrogens with zero attached hydrogens (tertiary/aromatic N) is 4. The van der Waals surface area contributed by atoms with Crippen molar-refractivity contribution in [1.82, 2.24) is 24.6 Å². The summed E-state index contributed by atoms with van der Waals surface area (Å²) in [5.41, 5.74) is 5.06. The molecule has 0 spiro atoms. The molecule has 1 unspecified atom stereocenters. The summed E-state index contributed by atoms with van der Waals surface area (Å²) in [6, 6.07) is 18.3. The van der Waals surface area contributed by atoms with Crippen LogP contribution < -0.4 is 5.32 Å². The molecule has 0 aliphatic carbocycles. The summed E-state index contributed by atoms with van der Waals surface area (Å²) in [7, 11) is 1.88. The van der Waals surface area contributed by atoms with Gasteiger partial charge in [-0.1, -0.05) is 48.5 Å². The molecule has 0 radical (unpaired) electrons. The molecular weight excluding hydrogens is 374 g/mol. The third-order valence-corrected chi connectivity index (χ3v) is 5.76. The lowest BCUT2D eigenvalue weighted by atomic mass is 10.0. The first kappa shape index (κ1) is 18.4. The quantitative estimate of drug-likeness (QED) is 0.572. The van der Waals surface area contributed by atoms with E-state index in [1.54, 1.807) is 17.1 Å². The van der Waals surface area contributed by atoms with Crippen LogP contribution in [-0.2, 0) is 19.9 Å². The van der Waals surface area contributed by atoms with Gasteiger partial charge >= 0.3 is 0 Å². The van der Waals surface area contributed by atoms with Crippen LogP contribution in [0.5, 0.6) is 0 Å². The first-order valence-electron chi connectivity index (χ1n) is 10.2. The molecule has 5 rings (SSSR count). The van der Waals surface area contributed by atoms with E-state index >= 15 is 0 Å². The van der Waals surface area contributed by atoms with Crippen molar-refractivity contribution < 1.29 is 4.79 Å². The van der Waals surface area contributed by atoms with Crippen LogP contribution in [0.3, 0.4) is 0 Å². The summed E-state index contributed by atoms with van der Waals surface area (Å²) < 4.78 is 3.87. The average molecular weight is 397 g/mol. The fourth-order valence-corrected chi connectivity index (χ4v) is 4.19. The lowest BCUT2D eigenvalue weighted by molar-refractivity contribution is 0.0932. The fraction of sp³-hybridized carbons (Fsp3) is 0.208. The monoisotopic (exact) mass is 397 g/mol. The van der Waals surface area contributed by atoms with E-state index in [0.717, 1.165) is 35.6 Å². The molecule has 1 atom stereocenters. The second-order valence-corrected chi connectivity index (χ2v) is 7.64. The molecule has 2 aromatic carbocycles. The second-order valence-electron chi connectivity index (χ2n) is 7.64. The molecule has 1 N–H and O–H groups in total. The molecular formula is C24H23N5O. The standard InChI is InChI=1S/C24H23N5O/c1-28-22(15-17-7-3-2-4-8-17)19(16-26-28)24(30)27-20-12-11-18-9-5-6-10-21(18)29-14-13-25-23(20)29/h2-10,13-14,16,20H,11-12,15H2,1H3,(H,27,30). The van der Waals surface area contributed by atoms with Crippen molar-refractivity contribution in [2.45, 2.75) is 25.3 Å². The molecule has 30 heavy (non-hydrogen) atoms. The molecule has 3 heterocycles. The van der Waals surface area contributed by atoms with Crippen LogP contribution >= 0.6 is 0 Å². The van der Waals surface area contributed by atoms with Gasteiger partial charge in [0, 0.05) is 31.5 Å². The predicted octanol–water partition coefficient (Wildman–Crippen LogP) is 3.61. The number of carbonyl (C=O) groups is 1. The topological polar surface area (TPSA) is 64.7 Å². The molecule has 1 amide bonds. The Labute approximate surface area is 175 Å². The average Bonchev–Trinajstić information content (AvgIpc) is 3.36. The first-order valence-corrected chi connectivity index (χ1v) is 10.2.